The van der Waals surface area contributed by atoms with Crippen LogP contribution in [0.5, 0.6) is 5.75 Å². The SMILES string of the molecule is CCOc1ccc(Sc2nc(N)nc3c2ncn3CC(C)OCP)cc1. The molecule has 0 spiro atoms. The number of rotatable bonds is 8. The number of anilines is 1. The molecule has 2 unspecified atom stereocenters. The van der Waals surface area contributed by atoms with Gasteiger partial charge in [-0.15, -0.1) is 9.24 Å². The summed E-state index contributed by atoms with van der Waals surface area (Å²) in [6.45, 7) is 5.26. The number of imidazole rings is 1. The van der Waals surface area contributed by atoms with Gasteiger partial charge in [-0.2, -0.15) is 4.98 Å². The highest BCUT2D eigenvalue weighted by Gasteiger charge is 2.15. The normalized spacial score (nSPS) is 12.4. The van der Waals surface area contributed by atoms with E-state index in [0.29, 0.717) is 25.1 Å². The number of nitrogen functional groups attached to an aromatic ring is 1. The van der Waals surface area contributed by atoms with E-state index < -0.39 is 0 Å². The lowest BCUT2D eigenvalue weighted by atomic mass is 10.3. The van der Waals surface area contributed by atoms with E-state index in [1.165, 1.54) is 11.8 Å². The van der Waals surface area contributed by atoms with E-state index in [9.17, 15) is 0 Å². The van der Waals surface area contributed by atoms with Crippen LogP contribution in [0.25, 0.3) is 11.2 Å². The average Bonchev–Trinajstić information content (AvgIpc) is 3.00. The van der Waals surface area contributed by atoms with Crippen LogP contribution >= 0.6 is 21.0 Å². The molecule has 2 N–H and O–H groups in total. The van der Waals surface area contributed by atoms with Gasteiger partial charge in [0.1, 0.15) is 16.3 Å². The summed E-state index contributed by atoms with van der Waals surface area (Å²) in [5.74, 6) is 1.07. The molecule has 26 heavy (non-hydrogen) atoms. The van der Waals surface area contributed by atoms with Gasteiger partial charge in [0.25, 0.3) is 0 Å². The maximum absolute atomic E-state index is 5.93. The first-order chi connectivity index (χ1) is 12.6. The molecule has 0 saturated heterocycles. The summed E-state index contributed by atoms with van der Waals surface area (Å²) in [4.78, 5) is 14.3. The van der Waals surface area contributed by atoms with Crippen LogP contribution in [0.2, 0.25) is 0 Å². The van der Waals surface area contributed by atoms with Crippen molar-refractivity contribution < 1.29 is 9.47 Å². The highest BCUT2D eigenvalue weighted by molar-refractivity contribution is 7.99. The van der Waals surface area contributed by atoms with E-state index in [4.69, 9.17) is 15.2 Å². The molecule has 2 aromatic heterocycles. The summed E-state index contributed by atoms with van der Waals surface area (Å²) >= 11 is 1.50. The Morgan fingerprint density at radius 1 is 1.27 bits per heavy atom. The Hall–Kier alpha value is -1.89. The van der Waals surface area contributed by atoms with Gasteiger partial charge < -0.3 is 19.8 Å². The smallest absolute Gasteiger partial charge is 0.223 e. The molecule has 3 aromatic rings. The molecule has 3 rings (SSSR count). The van der Waals surface area contributed by atoms with Crippen LogP contribution in [-0.2, 0) is 11.3 Å². The number of hydrogen-bond acceptors (Lipinski definition) is 7. The van der Waals surface area contributed by atoms with Crippen LogP contribution < -0.4 is 10.5 Å². The minimum Gasteiger partial charge on any atom is -0.494 e. The second-order valence-corrected chi connectivity index (χ2v) is 7.00. The van der Waals surface area contributed by atoms with Crippen LogP contribution in [0.4, 0.5) is 5.95 Å². The van der Waals surface area contributed by atoms with Gasteiger partial charge in [0.2, 0.25) is 5.95 Å². The molecular formula is C17H22N5O2PS. The van der Waals surface area contributed by atoms with E-state index >= 15 is 0 Å². The third-order valence-corrected chi connectivity index (χ3v) is 4.81. The van der Waals surface area contributed by atoms with Crippen molar-refractivity contribution in [2.45, 2.75) is 36.4 Å². The van der Waals surface area contributed by atoms with Crippen molar-refractivity contribution in [2.75, 3.05) is 18.7 Å². The van der Waals surface area contributed by atoms with E-state index in [1.54, 1.807) is 6.33 Å². The molecule has 0 aliphatic rings. The fraction of sp³-hybridized carbons (Fsp3) is 0.353. The first kappa shape index (κ1) is 18.9. The molecule has 2 atom stereocenters. The molecule has 7 nitrogen and oxygen atoms in total. The van der Waals surface area contributed by atoms with Crippen LogP contribution in [-0.4, -0.2) is 38.6 Å². The Morgan fingerprint density at radius 3 is 2.73 bits per heavy atom. The quantitative estimate of drug-likeness (QED) is 0.466. The molecule has 0 radical (unpaired) electrons. The predicted molar refractivity (Wildman–Crippen MR) is 107 cm³/mol. The molecule has 0 aliphatic carbocycles. The zero-order valence-electron chi connectivity index (χ0n) is 14.8. The molecule has 0 aliphatic heterocycles. The van der Waals surface area contributed by atoms with Gasteiger partial charge in [0, 0.05) is 4.90 Å². The Balaban J connectivity index is 1.87. The zero-order chi connectivity index (χ0) is 18.5. The highest BCUT2D eigenvalue weighted by Crippen LogP contribution is 2.32. The van der Waals surface area contributed by atoms with Crippen molar-refractivity contribution in [1.82, 2.24) is 19.5 Å². The van der Waals surface area contributed by atoms with Crippen molar-refractivity contribution in [2.24, 2.45) is 0 Å². The van der Waals surface area contributed by atoms with Gasteiger partial charge in [-0.1, -0.05) is 11.8 Å². The van der Waals surface area contributed by atoms with Gasteiger partial charge in [0.05, 0.1) is 31.9 Å². The van der Waals surface area contributed by atoms with Gasteiger partial charge in [0.15, 0.2) is 5.65 Å². The Morgan fingerprint density at radius 2 is 2.04 bits per heavy atom. The number of nitrogens with zero attached hydrogens (tertiary/aromatic N) is 4. The standard InChI is InChI=1S/C17H22N5O2PS/c1-3-23-12-4-6-13(7-5-12)26-16-14-15(20-17(18)21-16)22(9-19-14)8-11(2)24-10-25/h4-7,9,11H,3,8,10,25H2,1-2H3,(H2,18,20,21). The predicted octanol–water partition coefficient (Wildman–Crippen LogP) is 3.20. The maximum Gasteiger partial charge on any atom is 0.223 e. The lowest BCUT2D eigenvalue weighted by Crippen LogP contribution is -2.15. The molecule has 1 aromatic carbocycles. The average molecular weight is 391 g/mol. The minimum absolute atomic E-state index is 0.0447. The largest absolute Gasteiger partial charge is 0.494 e. The summed E-state index contributed by atoms with van der Waals surface area (Å²) in [6, 6.07) is 7.86. The summed E-state index contributed by atoms with van der Waals surface area (Å²) in [5.41, 5.74) is 7.37. The second kappa shape index (κ2) is 8.66. The van der Waals surface area contributed by atoms with E-state index in [1.807, 2.05) is 42.7 Å². The van der Waals surface area contributed by atoms with Crippen LogP contribution in [0, 0.1) is 0 Å². The first-order valence-corrected chi connectivity index (χ1v) is 9.94. The van der Waals surface area contributed by atoms with Crippen molar-refractivity contribution in [3.8, 4) is 5.75 Å². The number of aromatic nitrogens is 4. The maximum atomic E-state index is 5.93. The fourth-order valence-corrected chi connectivity index (χ4v) is 3.72. The van der Waals surface area contributed by atoms with E-state index in [0.717, 1.165) is 21.2 Å². The van der Waals surface area contributed by atoms with Crippen LogP contribution in [0.15, 0.2) is 40.5 Å². The van der Waals surface area contributed by atoms with Crippen molar-refractivity contribution >= 4 is 38.1 Å². The van der Waals surface area contributed by atoms with Gasteiger partial charge in [-0.05, 0) is 38.1 Å². The van der Waals surface area contributed by atoms with Crippen LogP contribution in [0.1, 0.15) is 13.8 Å². The number of benzene rings is 1. The van der Waals surface area contributed by atoms with E-state index in [2.05, 4.69) is 24.2 Å². The molecule has 0 amide bonds. The zero-order valence-corrected chi connectivity index (χ0v) is 16.7. The molecule has 9 heteroatoms. The minimum atomic E-state index is 0.0447. The monoisotopic (exact) mass is 391 g/mol. The topological polar surface area (TPSA) is 88.1 Å². The van der Waals surface area contributed by atoms with Gasteiger partial charge >= 0.3 is 0 Å². The molecule has 0 saturated carbocycles. The summed E-state index contributed by atoms with van der Waals surface area (Å²) < 4.78 is 13.0. The third kappa shape index (κ3) is 4.44. The van der Waals surface area contributed by atoms with Gasteiger partial charge in [-0.3, -0.25) is 0 Å². The summed E-state index contributed by atoms with van der Waals surface area (Å²) in [7, 11) is 2.56. The molecule has 0 fully saturated rings. The fourth-order valence-electron chi connectivity index (χ4n) is 2.52. The number of hydrogen-bond donors (Lipinski definition) is 1. The summed E-state index contributed by atoms with van der Waals surface area (Å²) in [5, 5.41) is 0.732. The second-order valence-electron chi connectivity index (χ2n) is 5.61. The summed E-state index contributed by atoms with van der Waals surface area (Å²) in [6.07, 6.45) is 2.39. The Kier molecular flexibility index (Phi) is 6.29. The van der Waals surface area contributed by atoms with Crippen molar-refractivity contribution in [3.63, 3.8) is 0 Å². The number of ether oxygens (including phenoxy) is 2. The third-order valence-electron chi connectivity index (χ3n) is 3.63. The number of nitrogens with two attached hydrogens (primary N) is 1. The molecule has 138 valence electrons. The van der Waals surface area contributed by atoms with Crippen molar-refractivity contribution in [1.29, 1.82) is 0 Å². The molecule has 0 bridgehead atoms. The molecular weight excluding hydrogens is 369 g/mol. The van der Waals surface area contributed by atoms with Crippen LogP contribution in [0.3, 0.4) is 0 Å². The number of fused-ring (bicyclic) bond motifs is 1. The van der Waals surface area contributed by atoms with E-state index in [-0.39, 0.29) is 12.1 Å². The van der Waals surface area contributed by atoms with Crippen molar-refractivity contribution in [3.05, 3.63) is 30.6 Å². The lowest BCUT2D eigenvalue weighted by molar-refractivity contribution is 0.0912. The first-order valence-electron chi connectivity index (χ1n) is 8.31. The Labute approximate surface area is 158 Å². The molecule has 2 heterocycles. The lowest BCUT2D eigenvalue weighted by Gasteiger charge is -2.12. The van der Waals surface area contributed by atoms with Gasteiger partial charge in [-0.25, -0.2) is 9.97 Å². The highest BCUT2D eigenvalue weighted by atomic mass is 32.2. The Bertz CT molecular complexity index is 871.